The van der Waals surface area contributed by atoms with Crippen molar-refractivity contribution in [1.29, 1.82) is 0 Å². The summed E-state index contributed by atoms with van der Waals surface area (Å²) in [6.07, 6.45) is 1.26. The van der Waals surface area contributed by atoms with E-state index in [9.17, 15) is 4.79 Å². The average Bonchev–Trinajstić information content (AvgIpc) is 2.70. The molecule has 0 atom stereocenters. The number of hydrogen-bond donors (Lipinski definition) is 1. The summed E-state index contributed by atoms with van der Waals surface area (Å²) >= 11 is 0. The Balaban J connectivity index is 1.94. The Bertz CT molecular complexity index is 463. The summed E-state index contributed by atoms with van der Waals surface area (Å²) in [5.41, 5.74) is 3.79. The van der Waals surface area contributed by atoms with E-state index in [2.05, 4.69) is 36.3 Å². The van der Waals surface area contributed by atoms with Gasteiger partial charge in [-0.1, -0.05) is 30.7 Å². The molecule has 6 heteroatoms. The first kappa shape index (κ1) is 13.9. The molecule has 104 valence electrons. The van der Waals surface area contributed by atoms with Gasteiger partial charge in [0.2, 0.25) is 0 Å². The van der Waals surface area contributed by atoms with Gasteiger partial charge in [0.25, 0.3) is 0 Å². The van der Waals surface area contributed by atoms with E-state index in [-0.39, 0.29) is 5.60 Å². The number of carbonyl (C=O) groups is 1. The highest BCUT2D eigenvalue weighted by Gasteiger charge is 2.42. The number of piperidine rings is 1. The molecule has 0 aromatic heterocycles. The summed E-state index contributed by atoms with van der Waals surface area (Å²) in [5.74, 6) is 3.13. The summed E-state index contributed by atoms with van der Waals surface area (Å²) < 4.78 is 0. The predicted octanol–water partition coefficient (Wildman–Crippen LogP) is 2.16. The minimum atomic E-state index is -1.40. The van der Waals surface area contributed by atoms with Crippen LogP contribution in [0, 0.1) is 11.5 Å². The molecule has 0 radical (unpaired) electrons. The molecule has 19 heavy (non-hydrogen) atoms. The molecule has 1 fully saturated rings. The predicted molar refractivity (Wildman–Crippen MR) is 75.8 cm³/mol. The monoisotopic (exact) mass is 280 g/mol. The van der Waals surface area contributed by atoms with E-state index in [1.165, 1.54) is 4.90 Å². The fourth-order valence-electron chi connectivity index (χ4n) is 2.22. The Morgan fingerprint density at radius 1 is 1.42 bits per heavy atom. The number of carboxylic acid groups (broad SMARTS) is 1. The zero-order chi connectivity index (χ0) is 14.1. The highest BCUT2D eigenvalue weighted by molar-refractivity contribution is 6.84. The van der Waals surface area contributed by atoms with Crippen molar-refractivity contribution < 1.29 is 14.7 Å². The van der Waals surface area contributed by atoms with Crippen molar-refractivity contribution in [1.82, 2.24) is 4.90 Å². The van der Waals surface area contributed by atoms with E-state index in [1.807, 2.05) is 0 Å². The maximum absolute atomic E-state index is 10.9. The summed E-state index contributed by atoms with van der Waals surface area (Å²) in [6.45, 7) is 7.60. The Morgan fingerprint density at radius 2 is 2.05 bits per heavy atom. The van der Waals surface area contributed by atoms with E-state index in [0.717, 1.165) is 12.1 Å². The van der Waals surface area contributed by atoms with Crippen LogP contribution in [0.4, 0.5) is 4.79 Å². The van der Waals surface area contributed by atoms with Crippen molar-refractivity contribution in [2.45, 2.75) is 44.5 Å². The van der Waals surface area contributed by atoms with Crippen LogP contribution in [0.3, 0.4) is 0 Å². The first-order chi connectivity index (χ1) is 8.80. The fraction of sp³-hybridized carbons (Fsp3) is 0.692. The van der Waals surface area contributed by atoms with Crippen molar-refractivity contribution in [3.8, 4) is 11.5 Å². The first-order valence-corrected chi connectivity index (χ1v) is 10.1. The van der Waals surface area contributed by atoms with Crippen LogP contribution in [0.25, 0.3) is 0 Å². The fourth-order valence-corrected chi connectivity index (χ4v) is 2.74. The van der Waals surface area contributed by atoms with E-state index < -0.39 is 14.2 Å². The van der Waals surface area contributed by atoms with Gasteiger partial charge in [0.1, 0.15) is 19.4 Å². The molecule has 2 aliphatic rings. The van der Waals surface area contributed by atoms with Gasteiger partial charge in [-0.25, -0.2) is 4.79 Å². The lowest BCUT2D eigenvalue weighted by Gasteiger charge is -2.35. The van der Waals surface area contributed by atoms with Gasteiger partial charge in [-0.05, 0) is 0 Å². The number of nitrogens with zero attached hydrogens (tertiary/aromatic N) is 2. The molecule has 1 amide bonds. The molecule has 0 aliphatic carbocycles. The lowest BCUT2D eigenvalue weighted by atomic mass is 9.87. The van der Waals surface area contributed by atoms with E-state index in [0.29, 0.717) is 25.9 Å². The Hall–Kier alpha value is -1.48. The third kappa shape index (κ3) is 3.50. The van der Waals surface area contributed by atoms with Crippen LogP contribution >= 0.6 is 0 Å². The second-order valence-electron chi connectivity index (χ2n) is 6.26. The maximum Gasteiger partial charge on any atom is 0.407 e. The van der Waals surface area contributed by atoms with E-state index in [4.69, 9.17) is 9.94 Å². The quantitative estimate of drug-likeness (QED) is 0.546. The van der Waals surface area contributed by atoms with Crippen LogP contribution in [0.15, 0.2) is 5.16 Å². The topological polar surface area (TPSA) is 62.1 Å². The smallest absolute Gasteiger partial charge is 0.407 e. The van der Waals surface area contributed by atoms with Crippen LogP contribution in [0.5, 0.6) is 0 Å². The second kappa shape index (κ2) is 4.89. The SMILES string of the molecule is C[Si](C)(C)C#CC1=NOC2(CCN(C(=O)O)CC2)C1. The third-order valence-corrected chi connectivity index (χ3v) is 4.24. The standard InChI is InChI=1S/C13H20N2O3Si/c1-19(2,3)9-4-11-10-13(18-14-11)5-7-15(8-6-13)12(16)17/h5-8,10H2,1-3H3,(H,16,17). The molecule has 0 unspecified atom stereocenters. The molecule has 5 nitrogen and oxygen atoms in total. The van der Waals surface area contributed by atoms with Crippen LogP contribution in [-0.4, -0.2) is 48.6 Å². The zero-order valence-electron chi connectivity index (χ0n) is 11.7. The molecule has 1 spiro atoms. The van der Waals surface area contributed by atoms with Gasteiger partial charge in [-0.2, -0.15) is 0 Å². The van der Waals surface area contributed by atoms with Gasteiger partial charge in [-0.3, -0.25) is 0 Å². The Morgan fingerprint density at radius 3 is 2.58 bits per heavy atom. The van der Waals surface area contributed by atoms with Crippen molar-refractivity contribution >= 4 is 19.9 Å². The van der Waals surface area contributed by atoms with Gasteiger partial charge in [-0.15, -0.1) is 5.54 Å². The molecule has 2 heterocycles. The molecular formula is C13H20N2O3Si. The molecule has 1 N–H and O–H groups in total. The molecule has 1 saturated heterocycles. The largest absolute Gasteiger partial charge is 0.465 e. The molecule has 2 aliphatic heterocycles. The lowest BCUT2D eigenvalue weighted by molar-refractivity contribution is -0.0576. The van der Waals surface area contributed by atoms with Gasteiger partial charge in [0.05, 0.1) is 0 Å². The van der Waals surface area contributed by atoms with Crippen LogP contribution in [0.1, 0.15) is 19.3 Å². The van der Waals surface area contributed by atoms with E-state index in [1.54, 1.807) is 0 Å². The zero-order valence-corrected chi connectivity index (χ0v) is 12.7. The summed E-state index contributed by atoms with van der Waals surface area (Å²) in [6, 6.07) is 0. The van der Waals surface area contributed by atoms with Gasteiger partial charge in [0, 0.05) is 32.4 Å². The third-order valence-electron chi connectivity index (χ3n) is 3.37. The van der Waals surface area contributed by atoms with Gasteiger partial charge >= 0.3 is 6.09 Å². The number of hydrogen-bond acceptors (Lipinski definition) is 3. The second-order valence-corrected chi connectivity index (χ2v) is 11.0. The molecule has 0 bridgehead atoms. The van der Waals surface area contributed by atoms with Crippen molar-refractivity contribution in [2.24, 2.45) is 5.16 Å². The van der Waals surface area contributed by atoms with E-state index >= 15 is 0 Å². The van der Waals surface area contributed by atoms with Crippen LogP contribution in [0.2, 0.25) is 19.6 Å². The maximum atomic E-state index is 10.9. The normalized spacial score (nSPS) is 21.4. The van der Waals surface area contributed by atoms with Crippen molar-refractivity contribution in [3.63, 3.8) is 0 Å². The van der Waals surface area contributed by atoms with Gasteiger partial charge in [0.15, 0.2) is 0 Å². The first-order valence-electron chi connectivity index (χ1n) is 6.56. The molecule has 0 saturated carbocycles. The van der Waals surface area contributed by atoms with Gasteiger partial charge < -0.3 is 14.8 Å². The number of likely N-dealkylation sites (tertiary alicyclic amines) is 1. The van der Waals surface area contributed by atoms with Crippen molar-refractivity contribution in [3.05, 3.63) is 0 Å². The van der Waals surface area contributed by atoms with Crippen LogP contribution in [-0.2, 0) is 4.84 Å². The molecule has 2 rings (SSSR count). The van der Waals surface area contributed by atoms with Crippen LogP contribution < -0.4 is 0 Å². The highest BCUT2D eigenvalue weighted by atomic mass is 28.3. The number of amides is 1. The molecular weight excluding hydrogens is 260 g/mol. The number of rotatable bonds is 0. The lowest BCUT2D eigenvalue weighted by Crippen LogP contribution is -2.46. The minimum absolute atomic E-state index is 0.310. The summed E-state index contributed by atoms with van der Waals surface area (Å²) in [4.78, 5) is 17.9. The summed E-state index contributed by atoms with van der Waals surface area (Å²) in [5, 5.41) is 13.0. The molecule has 0 aromatic carbocycles. The van der Waals surface area contributed by atoms with Crippen molar-refractivity contribution in [2.75, 3.05) is 13.1 Å². The highest BCUT2D eigenvalue weighted by Crippen LogP contribution is 2.34. The molecule has 0 aromatic rings. The summed E-state index contributed by atoms with van der Waals surface area (Å²) in [7, 11) is -1.40. The number of oxime groups is 1. The Labute approximate surface area is 114 Å². The Kier molecular flexibility index (Phi) is 3.59. The minimum Gasteiger partial charge on any atom is -0.465 e. The average molecular weight is 280 g/mol.